The smallest absolute Gasteiger partial charge is 0.254 e. The molecular weight excluding hydrogens is 242 g/mol. The van der Waals surface area contributed by atoms with Crippen LogP contribution in [-0.2, 0) is 0 Å². The molecule has 5 heteroatoms. The lowest BCUT2D eigenvalue weighted by atomic mass is 10.0. The third-order valence-electron chi connectivity index (χ3n) is 2.97. The molecule has 0 aliphatic rings. The molecule has 1 amide bonds. The molecule has 1 rings (SSSR count). The van der Waals surface area contributed by atoms with E-state index in [0.29, 0.717) is 5.56 Å². The van der Waals surface area contributed by atoms with Crippen LogP contribution >= 0.6 is 0 Å². The molecule has 1 aromatic rings. The molecule has 0 heterocycles. The first-order valence-corrected chi connectivity index (χ1v) is 6.21. The van der Waals surface area contributed by atoms with Gasteiger partial charge >= 0.3 is 0 Å². The highest BCUT2D eigenvalue weighted by Gasteiger charge is 2.21. The van der Waals surface area contributed by atoms with Crippen LogP contribution in [0.2, 0.25) is 0 Å². The lowest BCUT2D eigenvalue weighted by molar-refractivity contribution is 0.0733. The van der Waals surface area contributed by atoms with E-state index in [1.165, 1.54) is 0 Å². The number of amidine groups is 1. The van der Waals surface area contributed by atoms with Gasteiger partial charge in [0.25, 0.3) is 5.91 Å². The second-order valence-electron chi connectivity index (χ2n) is 4.94. The van der Waals surface area contributed by atoms with Crippen molar-refractivity contribution in [2.24, 2.45) is 10.9 Å². The molecule has 0 atom stereocenters. The molecule has 0 fully saturated rings. The fraction of sp³-hybridized carbons (Fsp3) is 0.429. The Morgan fingerprint density at radius 2 is 2.05 bits per heavy atom. The Balaban J connectivity index is 3.09. The van der Waals surface area contributed by atoms with E-state index in [2.05, 4.69) is 5.16 Å². The third-order valence-corrected chi connectivity index (χ3v) is 2.97. The minimum absolute atomic E-state index is 0.0207. The lowest BCUT2D eigenvalue weighted by Gasteiger charge is -2.27. The van der Waals surface area contributed by atoms with E-state index in [9.17, 15) is 4.79 Å². The van der Waals surface area contributed by atoms with Crippen LogP contribution in [0.15, 0.2) is 23.4 Å². The summed E-state index contributed by atoms with van der Waals surface area (Å²) >= 11 is 0. The number of nitrogens with two attached hydrogens (primary N) is 1. The maximum atomic E-state index is 12.5. The van der Waals surface area contributed by atoms with Gasteiger partial charge in [-0.05, 0) is 39.3 Å². The molecule has 0 saturated carbocycles. The van der Waals surface area contributed by atoms with Gasteiger partial charge in [0, 0.05) is 11.6 Å². The van der Waals surface area contributed by atoms with Crippen LogP contribution in [0.5, 0.6) is 0 Å². The maximum Gasteiger partial charge on any atom is 0.254 e. The Morgan fingerprint density at radius 1 is 1.42 bits per heavy atom. The summed E-state index contributed by atoms with van der Waals surface area (Å²) in [5, 5.41) is 11.6. The quantitative estimate of drug-likeness (QED) is 0.377. The number of carbonyl (C=O) groups excluding carboxylic acids is 1. The van der Waals surface area contributed by atoms with Crippen molar-refractivity contribution in [1.82, 2.24) is 4.90 Å². The topological polar surface area (TPSA) is 78.9 Å². The van der Waals surface area contributed by atoms with Crippen LogP contribution in [0.25, 0.3) is 0 Å². The zero-order valence-electron chi connectivity index (χ0n) is 11.8. The van der Waals surface area contributed by atoms with Crippen molar-refractivity contribution in [1.29, 1.82) is 0 Å². The van der Waals surface area contributed by atoms with E-state index in [1.807, 2.05) is 45.9 Å². The van der Waals surface area contributed by atoms with Gasteiger partial charge in [-0.2, -0.15) is 0 Å². The van der Waals surface area contributed by atoms with Crippen molar-refractivity contribution in [2.75, 3.05) is 6.54 Å². The van der Waals surface area contributed by atoms with Gasteiger partial charge in [-0.1, -0.05) is 22.9 Å². The molecule has 0 unspecified atom stereocenters. The highest BCUT2D eigenvalue weighted by atomic mass is 16.4. The Morgan fingerprint density at radius 3 is 2.58 bits per heavy atom. The first-order valence-electron chi connectivity index (χ1n) is 6.21. The van der Waals surface area contributed by atoms with Crippen molar-refractivity contribution >= 4 is 11.7 Å². The van der Waals surface area contributed by atoms with Gasteiger partial charge in [-0.3, -0.25) is 4.79 Å². The zero-order valence-corrected chi connectivity index (χ0v) is 11.8. The van der Waals surface area contributed by atoms with E-state index in [0.717, 1.165) is 11.1 Å². The number of amides is 1. The molecule has 0 aliphatic carbocycles. The van der Waals surface area contributed by atoms with Crippen LogP contribution < -0.4 is 5.73 Å². The van der Waals surface area contributed by atoms with Crippen LogP contribution in [-0.4, -0.2) is 34.4 Å². The standard InChI is InChI=1S/C14H21N3O2/c1-9(2)17(8-13(15)16-19)14(18)12-7-10(3)5-6-11(12)4/h5-7,9,19H,8H2,1-4H3,(H2,15,16). The van der Waals surface area contributed by atoms with Crippen molar-refractivity contribution < 1.29 is 10.0 Å². The Hall–Kier alpha value is -2.04. The molecule has 0 bridgehead atoms. The van der Waals surface area contributed by atoms with Gasteiger partial charge in [-0.25, -0.2) is 0 Å². The second kappa shape index (κ2) is 6.22. The Kier molecular flexibility index (Phi) is 4.92. The number of aryl methyl sites for hydroxylation is 2. The fourth-order valence-corrected chi connectivity index (χ4v) is 1.82. The first-order chi connectivity index (χ1) is 8.86. The predicted octanol–water partition coefficient (Wildman–Crippen LogP) is 1.90. The monoisotopic (exact) mass is 263 g/mol. The zero-order chi connectivity index (χ0) is 14.6. The molecule has 3 N–H and O–H groups in total. The first kappa shape index (κ1) is 15.0. The van der Waals surface area contributed by atoms with Gasteiger partial charge in [0.15, 0.2) is 5.84 Å². The number of benzene rings is 1. The third kappa shape index (κ3) is 3.71. The van der Waals surface area contributed by atoms with Crippen LogP contribution in [0.3, 0.4) is 0 Å². The molecule has 1 aromatic carbocycles. The minimum atomic E-state index is -0.109. The summed E-state index contributed by atoms with van der Waals surface area (Å²) in [4.78, 5) is 14.1. The van der Waals surface area contributed by atoms with Gasteiger partial charge < -0.3 is 15.8 Å². The number of oxime groups is 1. The SMILES string of the molecule is Cc1ccc(C)c(C(=O)N(CC(N)=NO)C(C)C)c1. The lowest BCUT2D eigenvalue weighted by Crippen LogP contribution is -2.43. The molecule has 0 spiro atoms. The summed E-state index contributed by atoms with van der Waals surface area (Å²) in [6, 6.07) is 5.71. The molecule has 0 radical (unpaired) electrons. The van der Waals surface area contributed by atoms with Crippen molar-refractivity contribution in [3.05, 3.63) is 34.9 Å². The molecule has 0 saturated heterocycles. The van der Waals surface area contributed by atoms with Crippen LogP contribution in [0.1, 0.15) is 35.3 Å². The summed E-state index contributed by atoms with van der Waals surface area (Å²) in [5.74, 6) is -0.0878. The maximum absolute atomic E-state index is 12.5. The van der Waals surface area contributed by atoms with Crippen molar-refractivity contribution in [3.63, 3.8) is 0 Å². The normalized spacial score (nSPS) is 11.7. The van der Waals surface area contributed by atoms with E-state index < -0.39 is 0 Å². The summed E-state index contributed by atoms with van der Waals surface area (Å²) in [7, 11) is 0. The number of nitrogens with zero attached hydrogens (tertiary/aromatic N) is 2. The second-order valence-corrected chi connectivity index (χ2v) is 4.94. The number of hydrogen-bond donors (Lipinski definition) is 2. The predicted molar refractivity (Wildman–Crippen MR) is 75.5 cm³/mol. The number of hydrogen-bond acceptors (Lipinski definition) is 3. The highest BCUT2D eigenvalue weighted by Crippen LogP contribution is 2.15. The largest absolute Gasteiger partial charge is 0.409 e. The summed E-state index contributed by atoms with van der Waals surface area (Å²) in [6.07, 6.45) is 0. The molecular formula is C14H21N3O2. The van der Waals surface area contributed by atoms with Crippen LogP contribution in [0.4, 0.5) is 0 Å². The Labute approximate surface area is 113 Å². The van der Waals surface area contributed by atoms with Gasteiger partial charge in [0.05, 0.1) is 6.54 Å². The molecule has 19 heavy (non-hydrogen) atoms. The summed E-state index contributed by atoms with van der Waals surface area (Å²) < 4.78 is 0. The molecule has 5 nitrogen and oxygen atoms in total. The minimum Gasteiger partial charge on any atom is -0.409 e. The van der Waals surface area contributed by atoms with Crippen molar-refractivity contribution in [2.45, 2.75) is 33.7 Å². The van der Waals surface area contributed by atoms with E-state index in [4.69, 9.17) is 10.9 Å². The molecule has 0 aliphatic heterocycles. The van der Waals surface area contributed by atoms with Gasteiger partial charge in [0.2, 0.25) is 0 Å². The van der Waals surface area contributed by atoms with E-state index in [1.54, 1.807) is 4.90 Å². The molecule has 104 valence electrons. The Bertz CT molecular complexity index is 495. The van der Waals surface area contributed by atoms with Gasteiger partial charge in [0.1, 0.15) is 0 Å². The highest BCUT2D eigenvalue weighted by molar-refractivity contribution is 5.98. The molecule has 0 aromatic heterocycles. The number of rotatable bonds is 4. The summed E-state index contributed by atoms with van der Waals surface area (Å²) in [5.41, 5.74) is 8.10. The average Bonchev–Trinajstić information content (AvgIpc) is 2.37. The van der Waals surface area contributed by atoms with E-state index >= 15 is 0 Å². The number of carbonyl (C=O) groups is 1. The van der Waals surface area contributed by atoms with Crippen molar-refractivity contribution in [3.8, 4) is 0 Å². The van der Waals surface area contributed by atoms with Crippen LogP contribution in [0, 0.1) is 13.8 Å². The average molecular weight is 263 g/mol. The summed E-state index contributed by atoms with van der Waals surface area (Å²) in [6.45, 7) is 7.75. The van der Waals surface area contributed by atoms with Gasteiger partial charge in [-0.15, -0.1) is 0 Å². The fourth-order valence-electron chi connectivity index (χ4n) is 1.82. The van der Waals surface area contributed by atoms with E-state index in [-0.39, 0.29) is 24.3 Å².